The average Bonchev–Trinajstić information content (AvgIpc) is 2.34. The van der Waals surface area contributed by atoms with Crippen molar-refractivity contribution in [2.45, 2.75) is 40.7 Å². The molecule has 1 amide bonds. The van der Waals surface area contributed by atoms with Crippen molar-refractivity contribution in [2.24, 2.45) is 5.92 Å². The molecule has 0 aliphatic rings. The Kier molecular flexibility index (Phi) is 6.57. The van der Waals surface area contributed by atoms with Gasteiger partial charge in [0.15, 0.2) is 0 Å². The van der Waals surface area contributed by atoms with Gasteiger partial charge in [-0.25, -0.2) is 0 Å². The molecule has 0 aromatic heterocycles. The maximum absolute atomic E-state index is 11.5. The summed E-state index contributed by atoms with van der Waals surface area (Å²) in [7, 11) is 0. The van der Waals surface area contributed by atoms with Crippen LogP contribution in [0.4, 0.5) is 0 Å². The van der Waals surface area contributed by atoms with Crippen molar-refractivity contribution in [3.05, 3.63) is 34.9 Å². The van der Waals surface area contributed by atoms with E-state index in [4.69, 9.17) is 0 Å². The summed E-state index contributed by atoms with van der Waals surface area (Å²) in [6.07, 6.45) is 0.539. The van der Waals surface area contributed by atoms with Gasteiger partial charge in [-0.15, -0.1) is 0 Å². The van der Waals surface area contributed by atoms with E-state index in [1.165, 1.54) is 16.7 Å². The van der Waals surface area contributed by atoms with Crippen molar-refractivity contribution < 1.29 is 4.79 Å². The minimum absolute atomic E-state index is 0.127. The van der Waals surface area contributed by atoms with Crippen LogP contribution in [0.1, 0.15) is 37.0 Å². The number of rotatable bonds is 7. The molecule has 0 atom stereocenters. The van der Waals surface area contributed by atoms with Gasteiger partial charge in [0.1, 0.15) is 0 Å². The van der Waals surface area contributed by atoms with Gasteiger partial charge in [-0.3, -0.25) is 4.79 Å². The van der Waals surface area contributed by atoms with Gasteiger partial charge in [0, 0.05) is 26.1 Å². The Balaban J connectivity index is 2.22. The molecule has 0 aliphatic carbocycles. The van der Waals surface area contributed by atoms with Gasteiger partial charge in [-0.05, 0) is 30.9 Å². The lowest BCUT2D eigenvalue weighted by Crippen LogP contribution is -2.30. The van der Waals surface area contributed by atoms with E-state index >= 15 is 0 Å². The van der Waals surface area contributed by atoms with Crippen LogP contribution in [0, 0.1) is 19.8 Å². The predicted octanol–water partition coefficient (Wildman–Crippen LogP) is 2.56. The molecule has 0 spiro atoms. The van der Waals surface area contributed by atoms with Crippen molar-refractivity contribution in [3.8, 4) is 0 Å². The van der Waals surface area contributed by atoms with Crippen LogP contribution in [0.5, 0.6) is 0 Å². The second-order valence-corrected chi connectivity index (χ2v) is 5.55. The largest absolute Gasteiger partial charge is 0.356 e. The lowest BCUT2D eigenvalue weighted by Gasteiger charge is -2.10. The summed E-state index contributed by atoms with van der Waals surface area (Å²) in [5, 5.41) is 6.24. The first-order chi connectivity index (χ1) is 8.99. The molecule has 19 heavy (non-hydrogen) atoms. The Morgan fingerprint density at radius 3 is 2.63 bits per heavy atom. The van der Waals surface area contributed by atoms with Gasteiger partial charge in [-0.2, -0.15) is 0 Å². The molecule has 0 saturated carbocycles. The van der Waals surface area contributed by atoms with E-state index in [0.29, 0.717) is 12.3 Å². The predicted molar refractivity (Wildman–Crippen MR) is 80.1 cm³/mol. The van der Waals surface area contributed by atoms with E-state index in [9.17, 15) is 4.79 Å². The first kappa shape index (κ1) is 15.7. The summed E-state index contributed by atoms with van der Waals surface area (Å²) in [5.41, 5.74) is 3.89. The van der Waals surface area contributed by atoms with Gasteiger partial charge in [0.05, 0.1) is 0 Å². The highest BCUT2D eigenvalue weighted by atomic mass is 16.1. The summed E-state index contributed by atoms with van der Waals surface area (Å²) in [6, 6.07) is 6.46. The lowest BCUT2D eigenvalue weighted by molar-refractivity contribution is -0.121. The minimum Gasteiger partial charge on any atom is -0.356 e. The van der Waals surface area contributed by atoms with Crippen LogP contribution in [0.3, 0.4) is 0 Å². The van der Waals surface area contributed by atoms with E-state index < -0.39 is 0 Å². The third kappa shape index (κ3) is 6.39. The molecule has 1 rings (SSSR count). The Morgan fingerprint density at radius 1 is 1.26 bits per heavy atom. The number of carbonyl (C=O) groups is 1. The SMILES string of the molecule is Cc1ccc(CNCCC(=O)NCC(C)C)c(C)c1. The maximum atomic E-state index is 11.5. The highest BCUT2D eigenvalue weighted by Gasteiger charge is 2.02. The lowest BCUT2D eigenvalue weighted by atomic mass is 10.1. The molecule has 0 heterocycles. The second kappa shape index (κ2) is 7.95. The number of amides is 1. The first-order valence-corrected chi connectivity index (χ1v) is 7.02. The number of nitrogens with one attached hydrogen (secondary N) is 2. The van der Waals surface area contributed by atoms with Crippen molar-refractivity contribution in [2.75, 3.05) is 13.1 Å². The normalized spacial score (nSPS) is 10.8. The highest BCUT2D eigenvalue weighted by molar-refractivity contribution is 5.76. The van der Waals surface area contributed by atoms with Crippen molar-refractivity contribution in [3.63, 3.8) is 0 Å². The molecule has 0 aliphatic heterocycles. The average molecular weight is 262 g/mol. The Bertz CT molecular complexity index is 413. The molecule has 3 nitrogen and oxygen atoms in total. The zero-order valence-electron chi connectivity index (χ0n) is 12.5. The van der Waals surface area contributed by atoms with E-state index in [1.54, 1.807) is 0 Å². The van der Waals surface area contributed by atoms with Crippen LogP contribution in [-0.2, 0) is 11.3 Å². The van der Waals surface area contributed by atoms with Crippen molar-refractivity contribution in [1.82, 2.24) is 10.6 Å². The summed E-state index contributed by atoms with van der Waals surface area (Å²) in [6.45, 7) is 10.7. The fraction of sp³-hybridized carbons (Fsp3) is 0.562. The minimum atomic E-state index is 0.127. The van der Waals surface area contributed by atoms with E-state index in [0.717, 1.165) is 19.6 Å². The molecular weight excluding hydrogens is 236 g/mol. The standard InChI is InChI=1S/C16H26N2O/c1-12(2)10-18-16(19)7-8-17-11-15-6-5-13(3)9-14(15)4/h5-6,9,12,17H,7-8,10-11H2,1-4H3,(H,18,19). The summed E-state index contributed by atoms with van der Waals surface area (Å²) in [4.78, 5) is 11.5. The molecule has 1 aromatic carbocycles. The number of carbonyl (C=O) groups excluding carboxylic acids is 1. The topological polar surface area (TPSA) is 41.1 Å². The van der Waals surface area contributed by atoms with Crippen LogP contribution < -0.4 is 10.6 Å². The molecule has 0 unspecified atom stereocenters. The Hall–Kier alpha value is -1.35. The molecule has 0 radical (unpaired) electrons. The van der Waals surface area contributed by atoms with E-state index in [-0.39, 0.29) is 5.91 Å². The molecule has 106 valence electrons. The Labute approximate surface area is 116 Å². The molecule has 0 bridgehead atoms. The highest BCUT2D eigenvalue weighted by Crippen LogP contribution is 2.09. The zero-order valence-corrected chi connectivity index (χ0v) is 12.5. The monoisotopic (exact) mass is 262 g/mol. The van der Waals surface area contributed by atoms with Gasteiger partial charge < -0.3 is 10.6 Å². The third-order valence-electron chi connectivity index (χ3n) is 3.05. The van der Waals surface area contributed by atoms with Gasteiger partial charge in [-0.1, -0.05) is 37.6 Å². The van der Waals surface area contributed by atoms with Gasteiger partial charge >= 0.3 is 0 Å². The van der Waals surface area contributed by atoms with Crippen LogP contribution in [0.25, 0.3) is 0 Å². The van der Waals surface area contributed by atoms with Crippen molar-refractivity contribution in [1.29, 1.82) is 0 Å². The molecule has 0 saturated heterocycles. The fourth-order valence-electron chi connectivity index (χ4n) is 1.88. The maximum Gasteiger partial charge on any atom is 0.221 e. The molecule has 2 N–H and O–H groups in total. The van der Waals surface area contributed by atoms with Crippen LogP contribution in [0.15, 0.2) is 18.2 Å². The fourth-order valence-corrected chi connectivity index (χ4v) is 1.88. The molecule has 3 heteroatoms. The van der Waals surface area contributed by atoms with Crippen LogP contribution >= 0.6 is 0 Å². The zero-order chi connectivity index (χ0) is 14.3. The quantitative estimate of drug-likeness (QED) is 0.742. The summed E-state index contributed by atoms with van der Waals surface area (Å²) in [5.74, 6) is 0.633. The van der Waals surface area contributed by atoms with Crippen LogP contribution in [0.2, 0.25) is 0 Å². The molecule has 0 fully saturated rings. The van der Waals surface area contributed by atoms with E-state index in [1.807, 2.05) is 0 Å². The Morgan fingerprint density at radius 2 is 2.00 bits per heavy atom. The number of hydrogen-bond donors (Lipinski definition) is 2. The molecule has 1 aromatic rings. The molecular formula is C16H26N2O. The smallest absolute Gasteiger partial charge is 0.221 e. The van der Waals surface area contributed by atoms with Crippen molar-refractivity contribution >= 4 is 5.91 Å². The van der Waals surface area contributed by atoms with Crippen LogP contribution in [-0.4, -0.2) is 19.0 Å². The van der Waals surface area contributed by atoms with Gasteiger partial charge in [0.2, 0.25) is 5.91 Å². The number of hydrogen-bond acceptors (Lipinski definition) is 2. The second-order valence-electron chi connectivity index (χ2n) is 5.55. The third-order valence-corrected chi connectivity index (χ3v) is 3.05. The van der Waals surface area contributed by atoms with E-state index in [2.05, 4.69) is 56.5 Å². The first-order valence-electron chi connectivity index (χ1n) is 7.02. The van der Waals surface area contributed by atoms with Gasteiger partial charge in [0.25, 0.3) is 0 Å². The number of benzene rings is 1. The summed E-state index contributed by atoms with van der Waals surface area (Å²) >= 11 is 0. The number of aryl methyl sites for hydroxylation is 2. The summed E-state index contributed by atoms with van der Waals surface area (Å²) < 4.78 is 0.